The first-order valence-corrected chi connectivity index (χ1v) is 8.68. The fourth-order valence-electron chi connectivity index (χ4n) is 2.26. The van der Waals surface area contributed by atoms with Crippen LogP contribution in [0.5, 0.6) is 5.75 Å². The smallest absolute Gasteiger partial charge is 0.337 e. The second-order valence-electron chi connectivity index (χ2n) is 7.25. The molecule has 1 rings (SSSR count). The standard InChI is InChI=1S/C20H30O5/c1-14-10-11-16(19(22)23-6)13-17(14)24-12-8-7-9-15(2)18(21)25-20(3,4)5/h10-11,13,15H,7-9,12H2,1-6H3. The maximum Gasteiger partial charge on any atom is 0.337 e. The van der Waals surface area contributed by atoms with Crippen LogP contribution in [0.4, 0.5) is 0 Å². The molecule has 1 aromatic rings. The molecule has 0 aliphatic rings. The molecule has 0 amide bonds. The Morgan fingerprint density at radius 3 is 2.44 bits per heavy atom. The Hall–Kier alpha value is -2.04. The number of methoxy groups -OCH3 is 1. The average molecular weight is 350 g/mol. The van der Waals surface area contributed by atoms with E-state index in [1.807, 2.05) is 40.7 Å². The van der Waals surface area contributed by atoms with Crippen molar-refractivity contribution in [2.75, 3.05) is 13.7 Å². The number of hydrogen-bond acceptors (Lipinski definition) is 5. The van der Waals surface area contributed by atoms with Gasteiger partial charge in [0.05, 0.1) is 25.2 Å². The normalized spacial score (nSPS) is 12.4. The van der Waals surface area contributed by atoms with Gasteiger partial charge < -0.3 is 14.2 Å². The van der Waals surface area contributed by atoms with Gasteiger partial charge in [-0.25, -0.2) is 4.79 Å². The molecule has 0 saturated heterocycles. The minimum Gasteiger partial charge on any atom is -0.493 e. The van der Waals surface area contributed by atoms with Crippen molar-refractivity contribution in [3.8, 4) is 5.75 Å². The fraction of sp³-hybridized carbons (Fsp3) is 0.600. The number of esters is 2. The second-order valence-corrected chi connectivity index (χ2v) is 7.25. The van der Waals surface area contributed by atoms with Gasteiger partial charge in [0.25, 0.3) is 0 Å². The monoisotopic (exact) mass is 350 g/mol. The van der Waals surface area contributed by atoms with E-state index in [0.717, 1.165) is 24.8 Å². The average Bonchev–Trinajstić information content (AvgIpc) is 2.53. The summed E-state index contributed by atoms with van der Waals surface area (Å²) < 4.78 is 15.9. The SMILES string of the molecule is COC(=O)c1ccc(C)c(OCCCCC(C)C(=O)OC(C)(C)C)c1. The fourth-order valence-corrected chi connectivity index (χ4v) is 2.26. The zero-order valence-corrected chi connectivity index (χ0v) is 16.2. The van der Waals surface area contributed by atoms with Crippen LogP contribution in [0, 0.1) is 12.8 Å². The second kappa shape index (κ2) is 9.44. The molecule has 0 radical (unpaired) electrons. The van der Waals surface area contributed by atoms with Crippen LogP contribution < -0.4 is 4.74 Å². The summed E-state index contributed by atoms with van der Waals surface area (Å²) in [5.74, 6) is 0.0257. The van der Waals surface area contributed by atoms with Crippen molar-refractivity contribution >= 4 is 11.9 Å². The molecule has 0 heterocycles. The molecule has 0 bridgehead atoms. The summed E-state index contributed by atoms with van der Waals surface area (Å²) in [5.41, 5.74) is 0.993. The van der Waals surface area contributed by atoms with E-state index in [4.69, 9.17) is 14.2 Å². The quantitative estimate of drug-likeness (QED) is 0.516. The van der Waals surface area contributed by atoms with Gasteiger partial charge in [0.2, 0.25) is 0 Å². The molecule has 0 N–H and O–H groups in total. The Bertz CT molecular complexity index is 586. The Morgan fingerprint density at radius 1 is 1.16 bits per heavy atom. The van der Waals surface area contributed by atoms with E-state index in [1.54, 1.807) is 12.1 Å². The summed E-state index contributed by atoms with van der Waals surface area (Å²) in [6.07, 6.45) is 2.46. The van der Waals surface area contributed by atoms with Gasteiger partial charge in [-0.3, -0.25) is 4.79 Å². The van der Waals surface area contributed by atoms with Crippen LogP contribution in [0.3, 0.4) is 0 Å². The van der Waals surface area contributed by atoms with Gasteiger partial charge in [-0.15, -0.1) is 0 Å². The summed E-state index contributed by atoms with van der Waals surface area (Å²) >= 11 is 0. The van der Waals surface area contributed by atoms with Gasteiger partial charge in [0.1, 0.15) is 11.4 Å². The van der Waals surface area contributed by atoms with Gasteiger partial charge in [-0.05, 0) is 64.7 Å². The third-order valence-electron chi connectivity index (χ3n) is 3.71. The molecule has 0 aliphatic carbocycles. The third-order valence-corrected chi connectivity index (χ3v) is 3.71. The van der Waals surface area contributed by atoms with Gasteiger partial charge in [-0.1, -0.05) is 13.0 Å². The van der Waals surface area contributed by atoms with Crippen LogP contribution in [0.1, 0.15) is 62.9 Å². The van der Waals surface area contributed by atoms with Crippen molar-refractivity contribution < 1.29 is 23.8 Å². The van der Waals surface area contributed by atoms with E-state index >= 15 is 0 Å². The summed E-state index contributed by atoms with van der Waals surface area (Å²) in [6.45, 7) is 9.97. The summed E-state index contributed by atoms with van der Waals surface area (Å²) in [5, 5.41) is 0. The molecular weight excluding hydrogens is 320 g/mol. The Kier molecular flexibility index (Phi) is 7.94. The van der Waals surface area contributed by atoms with Gasteiger partial charge in [0, 0.05) is 0 Å². The number of ether oxygens (including phenoxy) is 3. The number of benzene rings is 1. The first-order chi connectivity index (χ1) is 11.6. The molecular formula is C20H30O5. The van der Waals surface area contributed by atoms with Gasteiger partial charge >= 0.3 is 11.9 Å². The van der Waals surface area contributed by atoms with E-state index in [-0.39, 0.29) is 17.9 Å². The van der Waals surface area contributed by atoms with Crippen molar-refractivity contribution in [2.45, 2.75) is 59.5 Å². The van der Waals surface area contributed by atoms with Crippen molar-refractivity contribution in [3.63, 3.8) is 0 Å². The first kappa shape index (κ1) is 21.0. The molecule has 0 fully saturated rings. The number of rotatable bonds is 8. The highest BCUT2D eigenvalue weighted by Crippen LogP contribution is 2.21. The summed E-state index contributed by atoms with van der Waals surface area (Å²) in [4.78, 5) is 23.5. The Morgan fingerprint density at radius 2 is 1.84 bits per heavy atom. The molecule has 1 atom stereocenters. The zero-order valence-electron chi connectivity index (χ0n) is 16.2. The molecule has 5 heteroatoms. The molecule has 1 aromatic carbocycles. The topological polar surface area (TPSA) is 61.8 Å². The number of hydrogen-bond donors (Lipinski definition) is 0. The van der Waals surface area contributed by atoms with E-state index in [9.17, 15) is 9.59 Å². The lowest BCUT2D eigenvalue weighted by Gasteiger charge is -2.22. The van der Waals surface area contributed by atoms with Crippen molar-refractivity contribution in [1.29, 1.82) is 0 Å². The molecule has 0 spiro atoms. The minimum absolute atomic E-state index is 0.122. The molecule has 25 heavy (non-hydrogen) atoms. The predicted molar refractivity (Wildman–Crippen MR) is 96.9 cm³/mol. The third kappa shape index (κ3) is 7.59. The van der Waals surface area contributed by atoms with Crippen molar-refractivity contribution in [1.82, 2.24) is 0 Å². The molecule has 0 aromatic heterocycles. The van der Waals surface area contributed by atoms with E-state index in [0.29, 0.717) is 17.9 Å². The number of carbonyl (C=O) groups excluding carboxylic acids is 2. The minimum atomic E-state index is -0.448. The maximum atomic E-state index is 11.9. The van der Waals surface area contributed by atoms with Crippen LogP contribution in [-0.4, -0.2) is 31.3 Å². The van der Waals surface area contributed by atoms with Crippen LogP contribution >= 0.6 is 0 Å². The summed E-state index contributed by atoms with van der Waals surface area (Å²) in [6, 6.07) is 5.26. The van der Waals surface area contributed by atoms with E-state index < -0.39 is 5.60 Å². The van der Waals surface area contributed by atoms with E-state index in [1.165, 1.54) is 7.11 Å². The lowest BCUT2D eigenvalue weighted by Crippen LogP contribution is -2.27. The van der Waals surface area contributed by atoms with Gasteiger partial charge in [-0.2, -0.15) is 0 Å². The van der Waals surface area contributed by atoms with Crippen molar-refractivity contribution in [3.05, 3.63) is 29.3 Å². The lowest BCUT2D eigenvalue weighted by atomic mass is 10.0. The number of aryl methyl sites for hydroxylation is 1. The molecule has 0 saturated carbocycles. The molecule has 0 aliphatic heterocycles. The first-order valence-electron chi connectivity index (χ1n) is 8.68. The highest BCUT2D eigenvalue weighted by molar-refractivity contribution is 5.89. The summed E-state index contributed by atoms with van der Waals surface area (Å²) in [7, 11) is 1.36. The maximum absolute atomic E-state index is 11.9. The highest BCUT2D eigenvalue weighted by atomic mass is 16.6. The largest absolute Gasteiger partial charge is 0.493 e. The lowest BCUT2D eigenvalue weighted by molar-refractivity contribution is -0.159. The number of carbonyl (C=O) groups is 2. The van der Waals surface area contributed by atoms with Crippen LogP contribution in [0.25, 0.3) is 0 Å². The zero-order chi connectivity index (χ0) is 19.0. The highest BCUT2D eigenvalue weighted by Gasteiger charge is 2.21. The molecule has 5 nitrogen and oxygen atoms in total. The van der Waals surface area contributed by atoms with Crippen LogP contribution in [0.2, 0.25) is 0 Å². The van der Waals surface area contributed by atoms with Crippen LogP contribution in [0.15, 0.2) is 18.2 Å². The van der Waals surface area contributed by atoms with Gasteiger partial charge in [0.15, 0.2) is 0 Å². The molecule has 1 unspecified atom stereocenters. The Balaban J connectivity index is 2.39. The predicted octanol–water partition coefficient (Wildman–Crippen LogP) is 4.31. The molecule has 140 valence electrons. The van der Waals surface area contributed by atoms with E-state index in [2.05, 4.69) is 0 Å². The van der Waals surface area contributed by atoms with Crippen molar-refractivity contribution in [2.24, 2.45) is 5.92 Å². The van der Waals surface area contributed by atoms with Crippen LogP contribution in [-0.2, 0) is 14.3 Å². The number of unbranched alkanes of at least 4 members (excludes halogenated alkanes) is 1. The Labute approximate surface area is 150 Å².